The molecule has 0 amide bonds. The van der Waals surface area contributed by atoms with Crippen LogP contribution in [-0.4, -0.2) is 33.1 Å². The van der Waals surface area contributed by atoms with Crippen LogP contribution in [0.1, 0.15) is 20.3 Å². The van der Waals surface area contributed by atoms with Crippen LogP contribution in [0, 0.1) is 5.92 Å². The van der Waals surface area contributed by atoms with E-state index in [2.05, 4.69) is 0 Å². The molecule has 1 fully saturated rings. The Morgan fingerprint density at radius 3 is 2.10 bits per heavy atom. The lowest BCUT2D eigenvalue weighted by molar-refractivity contribution is -0.260. The summed E-state index contributed by atoms with van der Waals surface area (Å²) in [5, 5.41) is 27.6. The third-order valence-electron chi connectivity index (χ3n) is 2.81. The SMILES string of the molecule is CC1CC(O)(CO)C1(C)O. The summed E-state index contributed by atoms with van der Waals surface area (Å²) >= 11 is 0. The Balaban J connectivity index is 2.70. The molecule has 1 rings (SSSR count). The Labute approximate surface area is 60.3 Å². The molecule has 0 aromatic carbocycles. The van der Waals surface area contributed by atoms with Crippen molar-refractivity contribution in [1.29, 1.82) is 0 Å². The molecule has 0 saturated heterocycles. The molecule has 3 N–H and O–H groups in total. The van der Waals surface area contributed by atoms with E-state index in [-0.39, 0.29) is 12.5 Å². The van der Waals surface area contributed by atoms with Crippen LogP contribution in [0.3, 0.4) is 0 Å². The lowest BCUT2D eigenvalue weighted by Crippen LogP contribution is -2.68. The third kappa shape index (κ3) is 0.713. The van der Waals surface area contributed by atoms with Crippen molar-refractivity contribution in [3.05, 3.63) is 0 Å². The molecule has 10 heavy (non-hydrogen) atoms. The number of rotatable bonds is 1. The highest BCUT2D eigenvalue weighted by atomic mass is 16.4. The molecule has 60 valence electrons. The van der Waals surface area contributed by atoms with Crippen LogP contribution in [0.5, 0.6) is 0 Å². The molecule has 3 unspecified atom stereocenters. The maximum Gasteiger partial charge on any atom is 0.117 e. The van der Waals surface area contributed by atoms with Gasteiger partial charge in [0.05, 0.1) is 12.2 Å². The molecule has 0 aromatic heterocycles. The first kappa shape index (κ1) is 7.98. The Kier molecular flexibility index (Phi) is 1.54. The topological polar surface area (TPSA) is 60.7 Å². The molecule has 3 nitrogen and oxygen atoms in total. The van der Waals surface area contributed by atoms with Gasteiger partial charge in [0.25, 0.3) is 0 Å². The molecular weight excluding hydrogens is 132 g/mol. The highest BCUT2D eigenvalue weighted by Crippen LogP contribution is 2.46. The van der Waals surface area contributed by atoms with Crippen LogP contribution in [0.25, 0.3) is 0 Å². The second-order valence-corrected chi connectivity index (χ2v) is 3.44. The van der Waals surface area contributed by atoms with Crippen molar-refractivity contribution in [2.45, 2.75) is 31.5 Å². The monoisotopic (exact) mass is 146 g/mol. The molecule has 0 radical (unpaired) electrons. The average Bonchev–Trinajstić information content (AvgIpc) is 1.88. The fourth-order valence-corrected chi connectivity index (χ4v) is 1.46. The Morgan fingerprint density at radius 2 is 2.00 bits per heavy atom. The third-order valence-corrected chi connectivity index (χ3v) is 2.81. The van der Waals surface area contributed by atoms with E-state index >= 15 is 0 Å². The van der Waals surface area contributed by atoms with Crippen molar-refractivity contribution >= 4 is 0 Å². The molecule has 1 aliphatic carbocycles. The smallest absolute Gasteiger partial charge is 0.117 e. The maximum absolute atomic E-state index is 9.49. The van der Waals surface area contributed by atoms with Gasteiger partial charge in [-0.05, 0) is 19.3 Å². The van der Waals surface area contributed by atoms with Gasteiger partial charge in [-0.3, -0.25) is 0 Å². The highest BCUT2D eigenvalue weighted by Gasteiger charge is 2.59. The summed E-state index contributed by atoms with van der Waals surface area (Å²) in [6.07, 6.45) is 0.483. The van der Waals surface area contributed by atoms with Crippen LogP contribution >= 0.6 is 0 Å². The predicted octanol–water partition coefficient (Wildman–Crippen LogP) is -0.499. The van der Waals surface area contributed by atoms with E-state index < -0.39 is 11.2 Å². The summed E-state index contributed by atoms with van der Waals surface area (Å²) in [5.41, 5.74) is -2.37. The number of aliphatic hydroxyl groups is 3. The maximum atomic E-state index is 9.49. The lowest BCUT2D eigenvalue weighted by Gasteiger charge is -2.54. The first-order valence-electron chi connectivity index (χ1n) is 3.49. The zero-order valence-electron chi connectivity index (χ0n) is 6.33. The minimum absolute atomic E-state index is 0.0737. The second-order valence-electron chi connectivity index (χ2n) is 3.44. The van der Waals surface area contributed by atoms with E-state index in [0.717, 1.165) is 0 Å². The van der Waals surface area contributed by atoms with Crippen LogP contribution in [0.2, 0.25) is 0 Å². The molecule has 1 saturated carbocycles. The zero-order chi connectivity index (χ0) is 7.99. The van der Waals surface area contributed by atoms with Crippen LogP contribution in [-0.2, 0) is 0 Å². The number of aliphatic hydroxyl groups excluding tert-OH is 1. The molecule has 0 aromatic rings. The highest BCUT2D eigenvalue weighted by molar-refractivity contribution is 5.10. The van der Waals surface area contributed by atoms with E-state index in [4.69, 9.17) is 5.11 Å². The standard InChI is InChI=1S/C7H14O3/c1-5-3-7(10,4-8)6(5,2)9/h5,8-10H,3-4H2,1-2H3. The summed E-state index contributed by atoms with van der Waals surface area (Å²) in [4.78, 5) is 0. The number of hydrogen-bond donors (Lipinski definition) is 3. The first-order chi connectivity index (χ1) is 4.44. The largest absolute Gasteiger partial charge is 0.393 e. The van der Waals surface area contributed by atoms with Crippen molar-refractivity contribution in [1.82, 2.24) is 0 Å². The van der Waals surface area contributed by atoms with E-state index in [0.29, 0.717) is 6.42 Å². The Hall–Kier alpha value is -0.120. The van der Waals surface area contributed by atoms with Crippen molar-refractivity contribution in [2.24, 2.45) is 5.92 Å². The Morgan fingerprint density at radius 1 is 1.50 bits per heavy atom. The zero-order valence-corrected chi connectivity index (χ0v) is 6.33. The van der Waals surface area contributed by atoms with Crippen LogP contribution < -0.4 is 0 Å². The van der Waals surface area contributed by atoms with Gasteiger partial charge >= 0.3 is 0 Å². The summed E-state index contributed by atoms with van der Waals surface area (Å²) in [6, 6.07) is 0. The van der Waals surface area contributed by atoms with E-state index in [1.54, 1.807) is 6.92 Å². The van der Waals surface area contributed by atoms with Crippen molar-refractivity contribution in [3.8, 4) is 0 Å². The quantitative estimate of drug-likeness (QED) is 0.467. The van der Waals surface area contributed by atoms with E-state index in [9.17, 15) is 10.2 Å². The average molecular weight is 146 g/mol. The van der Waals surface area contributed by atoms with Gasteiger partial charge in [-0.25, -0.2) is 0 Å². The summed E-state index contributed by atoms with van der Waals surface area (Å²) in [6.45, 7) is 3.05. The van der Waals surface area contributed by atoms with Gasteiger partial charge in [0.1, 0.15) is 5.60 Å². The molecule has 3 atom stereocenters. The van der Waals surface area contributed by atoms with Gasteiger partial charge in [0, 0.05) is 0 Å². The normalized spacial score (nSPS) is 54.3. The molecule has 3 heteroatoms. The summed E-state index contributed by atoms with van der Waals surface area (Å²) in [7, 11) is 0. The fourth-order valence-electron chi connectivity index (χ4n) is 1.46. The van der Waals surface area contributed by atoms with Gasteiger partial charge in [-0.15, -0.1) is 0 Å². The van der Waals surface area contributed by atoms with Crippen molar-refractivity contribution in [3.63, 3.8) is 0 Å². The van der Waals surface area contributed by atoms with Crippen molar-refractivity contribution < 1.29 is 15.3 Å². The van der Waals surface area contributed by atoms with Gasteiger partial charge < -0.3 is 15.3 Å². The van der Waals surface area contributed by atoms with Gasteiger partial charge in [0.2, 0.25) is 0 Å². The molecule has 1 aliphatic rings. The molecule has 0 aliphatic heterocycles. The van der Waals surface area contributed by atoms with Gasteiger partial charge in [-0.1, -0.05) is 6.92 Å². The molecule has 0 bridgehead atoms. The Bertz CT molecular complexity index is 141. The predicted molar refractivity (Wildman–Crippen MR) is 36.4 cm³/mol. The van der Waals surface area contributed by atoms with Gasteiger partial charge in [0.15, 0.2) is 0 Å². The number of hydrogen-bond acceptors (Lipinski definition) is 3. The summed E-state index contributed by atoms with van der Waals surface area (Å²) in [5.74, 6) is 0.0737. The fraction of sp³-hybridized carbons (Fsp3) is 1.00. The first-order valence-corrected chi connectivity index (χ1v) is 3.49. The van der Waals surface area contributed by atoms with E-state index in [1.807, 2.05) is 6.92 Å². The molecule has 0 heterocycles. The minimum atomic E-state index is -1.26. The molecular formula is C7H14O3. The van der Waals surface area contributed by atoms with Crippen LogP contribution in [0.15, 0.2) is 0 Å². The van der Waals surface area contributed by atoms with Crippen LogP contribution in [0.4, 0.5) is 0 Å². The molecule has 0 spiro atoms. The second kappa shape index (κ2) is 1.94. The van der Waals surface area contributed by atoms with Gasteiger partial charge in [-0.2, -0.15) is 0 Å². The lowest BCUT2D eigenvalue weighted by atomic mass is 9.59. The minimum Gasteiger partial charge on any atom is -0.393 e. The van der Waals surface area contributed by atoms with Crippen molar-refractivity contribution in [2.75, 3.05) is 6.61 Å². The summed E-state index contributed by atoms with van der Waals surface area (Å²) < 4.78 is 0. The van der Waals surface area contributed by atoms with E-state index in [1.165, 1.54) is 0 Å².